The third-order valence-corrected chi connectivity index (χ3v) is 15.6. The Hall–Kier alpha value is -8.49. The number of nitrogens with zero attached hydrogens (tertiary/aromatic N) is 7. The number of benzene rings is 8. The van der Waals surface area contributed by atoms with Crippen molar-refractivity contribution in [2.45, 2.75) is 52.4 Å². The second-order valence-corrected chi connectivity index (χ2v) is 21.7. The van der Waals surface area contributed by atoms with Crippen molar-refractivity contribution < 1.29 is 0 Å². The van der Waals surface area contributed by atoms with Crippen LogP contribution < -0.4 is 16.4 Å². The van der Waals surface area contributed by atoms with Gasteiger partial charge in [-0.15, -0.1) is 0 Å². The molecular weight excluding hydrogens is 866 g/mol. The molecule has 7 nitrogen and oxygen atoms in total. The Bertz CT molecular complexity index is 4390. The fourth-order valence-electron chi connectivity index (χ4n) is 12.3. The van der Waals surface area contributed by atoms with Gasteiger partial charge in [0.2, 0.25) is 0 Å². The van der Waals surface area contributed by atoms with Gasteiger partial charge in [-0.1, -0.05) is 126 Å². The molecule has 0 saturated heterocycles. The highest BCUT2D eigenvalue weighted by Gasteiger charge is 2.42. The zero-order valence-electron chi connectivity index (χ0n) is 40.4. The van der Waals surface area contributed by atoms with E-state index in [-0.39, 0.29) is 17.5 Å². The van der Waals surface area contributed by atoms with Crippen LogP contribution >= 0.6 is 0 Å². The van der Waals surface area contributed by atoms with Gasteiger partial charge in [0.1, 0.15) is 0 Å². The Morgan fingerprint density at radius 2 is 0.930 bits per heavy atom. The number of pyridine rings is 2. The first-order chi connectivity index (χ1) is 34.5. The third-order valence-electron chi connectivity index (χ3n) is 15.6. The minimum Gasteiger partial charge on any atom is -0.310 e. The van der Waals surface area contributed by atoms with Crippen molar-refractivity contribution in [3.05, 3.63) is 182 Å². The molecule has 2 aliphatic rings. The summed E-state index contributed by atoms with van der Waals surface area (Å²) >= 11 is 0. The molecule has 15 rings (SSSR count). The van der Waals surface area contributed by atoms with Crippen molar-refractivity contribution in [1.29, 1.82) is 0 Å². The monoisotopic (exact) mass is 911 g/mol. The summed E-state index contributed by atoms with van der Waals surface area (Å²) in [6.07, 6.45) is 7.20. The summed E-state index contributed by atoms with van der Waals surface area (Å²) < 4.78 is 5.14. The maximum Gasteiger partial charge on any atom is 0.252 e. The summed E-state index contributed by atoms with van der Waals surface area (Å²) in [5.74, 6) is 1.69. The Kier molecular flexibility index (Phi) is 8.01. The van der Waals surface area contributed by atoms with E-state index in [1.165, 1.54) is 103 Å². The molecule has 71 heavy (non-hydrogen) atoms. The molecule has 2 aliphatic heterocycles. The van der Waals surface area contributed by atoms with Crippen LogP contribution in [0.1, 0.15) is 52.7 Å². The highest BCUT2D eigenvalue weighted by molar-refractivity contribution is 7.00. The maximum atomic E-state index is 5.33. The molecule has 8 aromatic carbocycles. The second kappa shape index (κ2) is 14.1. The molecule has 0 atom stereocenters. The molecule has 0 fully saturated rings. The second-order valence-electron chi connectivity index (χ2n) is 21.7. The van der Waals surface area contributed by atoms with E-state index in [1.54, 1.807) is 12.4 Å². The predicted octanol–water partition coefficient (Wildman–Crippen LogP) is 13.1. The Morgan fingerprint density at radius 3 is 1.55 bits per heavy atom. The van der Waals surface area contributed by atoms with Crippen molar-refractivity contribution in [3.63, 3.8) is 0 Å². The van der Waals surface area contributed by atoms with Crippen molar-refractivity contribution in [2.24, 2.45) is 0 Å². The largest absolute Gasteiger partial charge is 0.310 e. The first-order valence-electron chi connectivity index (χ1n) is 24.7. The van der Waals surface area contributed by atoms with E-state index in [4.69, 9.17) is 15.0 Å². The number of para-hydroxylation sites is 1. The van der Waals surface area contributed by atoms with Gasteiger partial charge in [0.15, 0.2) is 17.5 Å². The van der Waals surface area contributed by atoms with Crippen LogP contribution in [0.25, 0.3) is 121 Å². The molecule has 0 amide bonds. The average molecular weight is 912 g/mol. The smallest absolute Gasteiger partial charge is 0.252 e. The lowest BCUT2D eigenvalue weighted by Crippen LogP contribution is -2.59. The minimum atomic E-state index is -0.0946. The lowest BCUT2D eigenvalue weighted by Gasteiger charge is -2.35. The quantitative estimate of drug-likeness (QED) is 0.130. The van der Waals surface area contributed by atoms with Crippen LogP contribution in [0.15, 0.2) is 170 Å². The van der Waals surface area contributed by atoms with Crippen molar-refractivity contribution >= 4 is 99.0 Å². The molecule has 0 unspecified atom stereocenters. The van der Waals surface area contributed by atoms with Gasteiger partial charge in [0.05, 0.1) is 11.0 Å². The van der Waals surface area contributed by atoms with Crippen molar-refractivity contribution in [2.75, 3.05) is 0 Å². The van der Waals surface area contributed by atoms with Crippen LogP contribution in [0.2, 0.25) is 0 Å². The van der Waals surface area contributed by atoms with Gasteiger partial charge in [-0.2, -0.15) is 0 Å². The molecule has 336 valence electrons. The molecule has 0 radical (unpaired) electrons. The van der Waals surface area contributed by atoms with Crippen LogP contribution in [0, 0.1) is 0 Å². The van der Waals surface area contributed by atoms with Crippen molar-refractivity contribution in [3.8, 4) is 45.5 Å². The summed E-state index contributed by atoms with van der Waals surface area (Å²) in [4.78, 5) is 24.7. The first-order valence-corrected chi connectivity index (χ1v) is 24.7. The van der Waals surface area contributed by atoms with Crippen LogP contribution in [0.3, 0.4) is 0 Å². The summed E-state index contributed by atoms with van der Waals surface area (Å²) in [6, 6.07) is 54.4. The van der Waals surface area contributed by atoms with Gasteiger partial charge < -0.3 is 9.13 Å². The van der Waals surface area contributed by atoms with E-state index in [9.17, 15) is 0 Å². The standard InChI is InChI=1S/C63H46BN7/c1-62(2,3)38-22-24-50-46(30-38)47-31-39(63(4,5)6)32-49-58(47)70(50)52-28-37(61-68-59(35-14-12-26-65-33-35)67-60(69-61)36-15-13-27-66-34-36)29-53-56(52)64(49)48-21-11-20-45-55-51(71(53)57(45)48)25-23-44-42-18-8-7-16-40(42)41-17-9-10-19-43(41)54(44)55/h7-34H,1-6H3. The Morgan fingerprint density at radius 1 is 0.394 bits per heavy atom. The summed E-state index contributed by atoms with van der Waals surface area (Å²) in [5.41, 5.74) is 16.1. The van der Waals surface area contributed by atoms with Crippen LogP contribution in [0.4, 0.5) is 0 Å². The highest BCUT2D eigenvalue weighted by atomic mass is 15.1. The molecule has 0 bridgehead atoms. The summed E-state index contributed by atoms with van der Waals surface area (Å²) in [5, 5.41) is 12.7. The maximum absolute atomic E-state index is 5.33. The zero-order valence-corrected chi connectivity index (χ0v) is 40.4. The van der Waals surface area contributed by atoms with E-state index in [0.29, 0.717) is 17.5 Å². The van der Waals surface area contributed by atoms with Gasteiger partial charge in [0.25, 0.3) is 6.71 Å². The fraction of sp³-hybridized carbons (Fsp3) is 0.127. The van der Waals surface area contributed by atoms with Crippen molar-refractivity contribution in [1.82, 2.24) is 34.1 Å². The van der Waals surface area contributed by atoms with Gasteiger partial charge >= 0.3 is 0 Å². The summed E-state index contributed by atoms with van der Waals surface area (Å²) in [7, 11) is 0. The highest BCUT2D eigenvalue weighted by Crippen LogP contribution is 2.46. The third kappa shape index (κ3) is 5.59. The molecule has 8 heteroatoms. The molecule has 7 heterocycles. The van der Waals surface area contributed by atoms with E-state index in [0.717, 1.165) is 28.1 Å². The Labute approximate surface area is 410 Å². The lowest BCUT2D eigenvalue weighted by atomic mass is 9.34. The van der Waals surface area contributed by atoms with Gasteiger partial charge in [0, 0.05) is 90.8 Å². The lowest BCUT2D eigenvalue weighted by molar-refractivity contribution is 0.590. The predicted molar refractivity (Wildman–Crippen MR) is 295 cm³/mol. The van der Waals surface area contributed by atoms with Gasteiger partial charge in [-0.25, -0.2) is 15.0 Å². The van der Waals surface area contributed by atoms with Gasteiger partial charge in [-0.05, 0) is 126 Å². The number of hydrogen-bond acceptors (Lipinski definition) is 5. The number of fused-ring (bicyclic) bond motifs is 17. The molecule has 0 N–H and O–H groups in total. The van der Waals surface area contributed by atoms with Crippen LogP contribution in [-0.4, -0.2) is 40.8 Å². The molecule has 13 aromatic rings. The van der Waals surface area contributed by atoms with E-state index < -0.39 is 0 Å². The number of hydrogen-bond donors (Lipinski definition) is 0. The van der Waals surface area contributed by atoms with Crippen LogP contribution in [-0.2, 0) is 10.8 Å². The Balaban J connectivity index is 1.14. The number of aromatic nitrogens is 7. The van der Waals surface area contributed by atoms with Gasteiger partial charge in [-0.3, -0.25) is 9.97 Å². The van der Waals surface area contributed by atoms with E-state index in [1.807, 2.05) is 36.7 Å². The molecule has 0 saturated carbocycles. The van der Waals surface area contributed by atoms with Crippen LogP contribution in [0.5, 0.6) is 0 Å². The van der Waals surface area contributed by atoms with E-state index in [2.05, 4.69) is 182 Å². The first kappa shape index (κ1) is 40.4. The minimum absolute atomic E-state index is 0.0321. The molecular formula is C63H46BN7. The molecule has 0 spiro atoms. The summed E-state index contributed by atoms with van der Waals surface area (Å²) in [6.45, 7) is 13.9. The number of rotatable bonds is 3. The fourth-order valence-corrected chi connectivity index (χ4v) is 12.3. The average Bonchev–Trinajstić information content (AvgIpc) is 3.93. The SMILES string of the molecule is CC(C)(C)c1ccc2c(c1)c1cc(C(C)(C)C)cc3c1n2-c1cc(-c2nc(-c4cccnc4)nc(-c4cccnc4)n2)cc2c1B3c1cccc3c4c5c6ccccc6c6ccccc6c5ccc4n-2c13. The zero-order chi connectivity index (χ0) is 47.7. The molecule has 5 aromatic heterocycles. The van der Waals surface area contributed by atoms with E-state index >= 15 is 0 Å². The molecule has 0 aliphatic carbocycles. The normalized spacial score (nSPS) is 13.2. The topological polar surface area (TPSA) is 74.3 Å².